The van der Waals surface area contributed by atoms with Crippen molar-refractivity contribution in [3.63, 3.8) is 0 Å². The zero-order valence-corrected chi connectivity index (χ0v) is 19.3. The monoisotopic (exact) mass is 470 g/mol. The summed E-state index contributed by atoms with van der Waals surface area (Å²) in [5.74, 6) is -0.0960. The topological polar surface area (TPSA) is 34.5 Å². The van der Waals surface area contributed by atoms with Gasteiger partial charge in [-0.25, -0.2) is 0 Å². The number of aromatic nitrogens is 1. The summed E-state index contributed by atoms with van der Waals surface area (Å²) < 4.78 is 46.2. The lowest BCUT2D eigenvalue weighted by Gasteiger charge is -2.26. The molecule has 34 heavy (non-hydrogen) atoms. The van der Waals surface area contributed by atoms with Crippen molar-refractivity contribution in [2.45, 2.75) is 32.5 Å². The molecule has 180 valence electrons. The molecule has 0 radical (unpaired) electrons. The number of hydrogen-bond donors (Lipinski definition) is 0. The normalized spacial score (nSPS) is 14.9. The van der Waals surface area contributed by atoms with Crippen LogP contribution in [0, 0.1) is 6.92 Å². The Labute approximate surface area is 198 Å². The molecule has 1 aliphatic rings. The zero-order chi connectivity index (χ0) is 24.1. The molecule has 4 nitrogen and oxygen atoms in total. The fourth-order valence-electron chi connectivity index (χ4n) is 4.43. The van der Waals surface area contributed by atoms with Crippen LogP contribution in [-0.4, -0.2) is 48.1 Å². The molecule has 0 spiro atoms. The third kappa shape index (κ3) is 5.77. The van der Waals surface area contributed by atoms with Crippen LogP contribution in [0.3, 0.4) is 0 Å². The highest BCUT2D eigenvalue weighted by molar-refractivity contribution is 6.00. The van der Waals surface area contributed by atoms with E-state index in [0.29, 0.717) is 11.1 Å². The lowest BCUT2D eigenvalue weighted by Crippen LogP contribution is -2.37. The quantitative estimate of drug-likeness (QED) is 0.400. The molecule has 1 aliphatic heterocycles. The van der Waals surface area contributed by atoms with Crippen LogP contribution >= 0.6 is 0 Å². The number of ketones is 1. The van der Waals surface area contributed by atoms with Crippen LogP contribution in [0.4, 0.5) is 13.2 Å². The van der Waals surface area contributed by atoms with Gasteiger partial charge in [-0.1, -0.05) is 42.5 Å². The van der Waals surface area contributed by atoms with E-state index in [-0.39, 0.29) is 12.2 Å². The summed E-state index contributed by atoms with van der Waals surface area (Å²) in [5, 5.41) is 0. The highest BCUT2D eigenvalue weighted by Crippen LogP contribution is 2.30. The van der Waals surface area contributed by atoms with Gasteiger partial charge in [0.1, 0.15) is 0 Å². The Hall–Kier alpha value is -2.90. The fourth-order valence-corrected chi connectivity index (χ4v) is 4.43. The lowest BCUT2D eigenvalue weighted by molar-refractivity contribution is -0.137. The number of Topliss-reactive ketones (excluding diaryl/α,β-unsaturated/α-hetero) is 1. The van der Waals surface area contributed by atoms with Gasteiger partial charge in [0.05, 0.1) is 18.8 Å². The van der Waals surface area contributed by atoms with Crippen molar-refractivity contribution >= 4 is 5.78 Å². The first-order chi connectivity index (χ1) is 16.3. The molecule has 0 N–H and O–H groups in total. The minimum atomic E-state index is -4.39. The summed E-state index contributed by atoms with van der Waals surface area (Å²) >= 11 is 0. The second-order valence-electron chi connectivity index (χ2n) is 8.65. The van der Waals surface area contributed by atoms with Crippen LogP contribution in [0.1, 0.15) is 33.6 Å². The van der Waals surface area contributed by atoms with Gasteiger partial charge in [0.15, 0.2) is 5.78 Å². The van der Waals surface area contributed by atoms with E-state index in [1.807, 2.05) is 43.3 Å². The van der Waals surface area contributed by atoms with Gasteiger partial charge < -0.3 is 9.30 Å². The average Bonchev–Trinajstić information content (AvgIpc) is 3.16. The summed E-state index contributed by atoms with van der Waals surface area (Å²) in [6.45, 7) is 7.09. The first-order valence-corrected chi connectivity index (χ1v) is 11.6. The molecular weight excluding hydrogens is 441 g/mol. The fraction of sp³-hybridized carbons (Fsp3) is 0.370. The molecule has 3 aromatic rings. The molecule has 1 aromatic heterocycles. The van der Waals surface area contributed by atoms with E-state index in [2.05, 4.69) is 9.47 Å². The second-order valence-corrected chi connectivity index (χ2v) is 8.65. The van der Waals surface area contributed by atoms with Crippen molar-refractivity contribution in [2.75, 3.05) is 32.8 Å². The molecule has 0 amide bonds. The number of rotatable bonds is 8. The van der Waals surface area contributed by atoms with Gasteiger partial charge in [-0.2, -0.15) is 13.2 Å². The molecule has 0 atom stereocenters. The number of carbonyl (C=O) groups excluding carboxylic acids is 1. The van der Waals surface area contributed by atoms with Gasteiger partial charge in [-0.05, 0) is 42.7 Å². The van der Waals surface area contributed by atoms with Crippen LogP contribution in [0.25, 0.3) is 11.3 Å². The molecule has 0 saturated carbocycles. The first kappa shape index (κ1) is 24.2. The Morgan fingerprint density at radius 1 is 0.971 bits per heavy atom. The van der Waals surface area contributed by atoms with E-state index in [4.69, 9.17) is 4.74 Å². The molecule has 2 heterocycles. The maximum atomic E-state index is 13.2. The van der Waals surface area contributed by atoms with Crippen molar-refractivity contribution in [3.05, 3.63) is 83.0 Å². The molecule has 0 aliphatic carbocycles. The molecule has 1 saturated heterocycles. The van der Waals surface area contributed by atoms with Crippen molar-refractivity contribution < 1.29 is 22.7 Å². The van der Waals surface area contributed by atoms with E-state index >= 15 is 0 Å². The van der Waals surface area contributed by atoms with Crippen molar-refractivity contribution in [1.82, 2.24) is 9.47 Å². The van der Waals surface area contributed by atoms with Gasteiger partial charge >= 0.3 is 6.18 Å². The van der Waals surface area contributed by atoms with Gasteiger partial charge in [0.25, 0.3) is 0 Å². The predicted octanol–water partition coefficient (Wildman–Crippen LogP) is 5.63. The second kappa shape index (κ2) is 10.6. The van der Waals surface area contributed by atoms with E-state index < -0.39 is 11.7 Å². The highest BCUT2D eigenvalue weighted by Gasteiger charge is 2.30. The van der Waals surface area contributed by atoms with Crippen LogP contribution < -0.4 is 0 Å². The van der Waals surface area contributed by atoms with Crippen LogP contribution in [0.15, 0.2) is 60.7 Å². The molecule has 1 fully saturated rings. The van der Waals surface area contributed by atoms with Gasteiger partial charge in [0, 0.05) is 49.6 Å². The van der Waals surface area contributed by atoms with E-state index in [1.165, 1.54) is 12.1 Å². The maximum absolute atomic E-state index is 13.2. The molecular formula is C27H29F3N2O2. The predicted molar refractivity (Wildman–Crippen MR) is 126 cm³/mol. The maximum Gasteiger partial charge on any atom is 0.416 e. The zero-order valence-electron chi connectivity index (χ0n) is 19.3. The minimum Gasteiger partial charge on any atom is -0.379 e. The summed E-state index contributed by atoms with van der Waals surface area (Å²) in [5.41, 5.74) is 3.38. The number of alkyl halides is 3. The molecule has 2 aromatic carbocycles. The minimum absolute atomic E-state index is 0.0605. The Morgan fingerprint density at radius 2 is 1.65 bits per heavy atom. The summed E-state index contributed by atoms with van der Waals surface area (Å²) in [7, 11) is 0. The van der Waals surface area contributed by atoms with Crippen LogP contribution in [0.2, 0.25) is 0 Å². The SMILES string of the molecule is Cc1c(C(=O)Cc2ccc(C(F)(F)F)cc2)cc(-c2ccccc2)n1CCCN1CCOCC1. The van der Waals surface area contributed by atoms with E-state index in [9.17, 15) is 18.0 Å². The van der Waals surface area contributed by atoms with Crippen LogP contribution in [-0.2, 0) is 23.9 Å². The number of carbonyl (C=O) groups is 1. The molecule has 0 unspecified atom stereocenters. The van der Waals surface area contributed by atoms with Crippen molar-refractivity contribution in [2.24, 2.45) is 0 Å². The summed E-state index contributed by atoms with van der Waals surface area (Å²) in [6.07, 6.45) is -3.38. The summed E-state index contributed by atoms with van der Waals surface area (Å²) in [4.78, 5) is 15.6. The standard InChI is InChI=1S/C27H29F3N2O2/c1-20-24(26(33)18-21-8-10-23(11-9-21)27(28,29)30)19-25(22-6-3-2-4-7-22)32(20)13-5-12-31-14-16-34-17-15-31/h2-4,6-11,19H,5,12-18H2,1H3. The Balaban J connectivity index is 1.54. The van der Waals surface area contributed by atoms with Gasteiger partial charge in [0.2, 0.25) is 0 Å². The third-order valence-corrected chi connectivity index (χ3v) is 6.34. The van der Waals surface area contributed by atoms with E-state index in [0.717, 1.165) is 74.9 Å². The van der Waals surface area contributed by atoms with Gasteiger partial charge in [-0.3, -0.25) is 9.69 Å². The third-order valence-electron chi connectivity index (χ3n) is 6.34. The largest absolute Gasteiger partial charge is 0.416 e. The number of hydrogen-bond acceptors (Lipinski definition) is 3. The number of ether oxygens (including phenoxy) is 1. The number of morpholine rings is 1. The van der Waals surface area contributed by atoms with E-state index in [1.54, 1.807) is 0 Å². The molecule has 4 rings (SSSR count). The van der Waals surface area contributed by atoms with Crippen molar-refractivity contribution in [3.8, 4) is 11.3 Å². The van der Waals surface area contributed by atoms with Crippen molar-refractivity contribution in [1.29, 1.82) is 0 Å². The molecule has 7 heteroatoms. The van der Waals surface area contributed by atoms with Gasteiger partial charge in [-0.15, -0.1) is 0 Å². The first-order valence-electron chi connectivity index (χ1n) is 11.6. The van der Waals surface area contributed by atoms with Crippen LogP contribution in [0.5, 0.6) is 0 Å². The number of halogens is 3. The molecule has 0 bridgehead atoms. The lowest BCUT2D eigenvalue weighted by atomic mass is 10.0. The Morgan fingerprint density at radius 3 is 2.29 bits per heavy atom. The smallest absolute Gasteiger partial charge is 0.379 e. The number of benzene rings is 2. The highest BCUT2D eigenvalue weighted by atomic mass is 19.4. The Bertz CT molecular complexity index is 1100. The Kier molecular flexibility index (Phi) is 7.54. The average molecular weight is 471 g/mol. The number of nitrogens with zero attached hydrogens (tertiary/aromatic N) is 2. The summed E-state index contributed by atoms with van der Waals surface area (Å²) in [6, 6.07) is 16.7.